The van der Waals surface area contributed by atoms with Gasteiger partial charge in [-0.05, 0) is 18.2 Å². The molecule has 1 aromatic carbocycles. The van der Waals surface area contributed by atoms with Crippen LogP contribution in [0.25, 0.3) is 0 Å². The molecule has 108 valence electrons. The number of carboxylic acids is 1. The molecule has 0 aliphatic rings. The fourth-order valence-corrected chi connectivity index (χ4v) is 3.10. The zero-order valence-corrected chi connectivity index (χ0v) is 11.6. The van der Waals surface area contributed by atoms with Crippen molar-refractivity contribution >= 4 is 16.0 Å². The van der Waals surface area contributed by atoms with Crippen molar-refractivity contribution in [1.82, 2.24) is 4.31 Å². The maximum atomic E-state index is 12.3. The zero-order valence-electron chi connectivity index (χ0n) is 10.8. The Kier molecular flexibility index (Phi) is 5.07. The van der Waals surface area contributed by atoms with Crippen LogP contribution in [0.2, 0.25) is 0 Å². The number of hydrogen-bond donors (Lipinski definition) is 2. The van der Waals surface area contributed by atoms with Gasteiger partial charge in [0.05, 0.1) is 11.0 Å². The normalized spacial score (nSPS) is 11.2. The van der Waals surface area contributed by atoms with E-state index in [4.69, 9.17) is 10.4 Å². The molecule has 20 heavy (non-hydrogen) atoms. The Balaban J connectivity index is 3.25. The Bertz CT molecular complexity index is 648. The SMILES string of the molecule is CCN(CCC#N)S(=O)(=O)c1ccc(O)c(C(=O)O)c1. The molecular formula is C12H14N2O5S. The topological polar surface area (TPSA) is 119 Å². The Hall–Kier alpha value is -2.11. The number of nitriles is 1. The molecule has 0 unspecified atom stereocenters. The standard InChI is InChI=1S/C12H14N2O5S/c1-2-14(7-3-6-13)20(18,19)9-4-5-11(15)10(8-9)12(16)17/h4-5,8,15H,2-3,7H2,1H3,(H,16,17). The largest absolute Gasteiger partial charge is 0.507 e. The first-order chi connectivity index (χ1) is 9.34. The van der Waals surface area contributed by atoms with Gasteiger partial charge in [0.2, 0.25) is 10.0 Å². The van der Waals surface area contributed by atoms with Gasteiger partial charge in [0.15, 0.2) is 0 Å². The highest BCUT2D eigenvalue weighted by Gasteiger charge is 2.24. The molecule has 0 bridgehead atoms. The molecule has 0 saturated heterocycles. The maximum Gasteiger partial charge on any atom is 0.339 e. The molecule has 7 nitrogen and oxygen atoms in total. The Morgan fingerprint density at radius 1 is 1.45 bits per heavy atom. The first-order valence-electron chi connectivity index (χ1n) is 5.78. The summed E-state index contributed by atoms with van der Waals surface area (Å²) in [5.41, 5.74) is -0.484. The van der Waals surface area contributed by atoms with Crippen LogP contribution in [0.1, 0.15) is 23.7 Å². The van der Waals surface area contributed by atoms with Crippen molar-refractivity contribution in [3.8, 4) is 11.8 Å². The maximum absolute atomic E-state index is 12.3. The van der Waals surface area contributed by atoms with E-state index in [9.17, 15) is 18.3 Å². The van der Waals surface area contributed by atoms with E-state index in [1.54, 1.807) is 6.92 Å². The highest BCUT2D eigenvalue weighted by Crippen LogP contribution is 2.23. The Labute approximate surface area is 116 Å². The quantitative estimate of drug-likeness (QED) is 0.809. The van der Waals surface area contributed by atoms with Crippen molar-refractivity contribution in [3.05, 3.63) is 23.8 Å². The van der Waals surface area contributed by atoms with Crippen LogP contribution in [-0.2, 0) is 10.0 Å². The van der Waals surface area contributed by atoms with Crippen LogP contribution < -0.4 is 0 Å². The summed E-state index contributed by atoms with van der Waals surface area (Å²) in [6, 6.07) is 4.91. The number of phenols is 1. The summed E-state index contributed by atoms with van der Waals surface area (Å²) in [5, 5.41) is 26.8. The third-order valence-electron chi connectivity index (χ3n) is 2.66. The molecule has 0 fully saturated rings. The summed E-state index contributed by atoms with van der Waals surface area (Å²) in [4.78, 5) is 10.7. The van der Waals surface area contributed by atoms with Crippen LogP contribution in [0.4, 0.5) is 0 Å². The van der Waals surface area contributed by atoms with Gasteiger partial charge in [0.25, 0.3) is 0 Å². The third-order valence-corrected chi connectivity index (χ3v) is 4.63. The summed E-state index contributed by atoms with van der Waals surface area (Å²) in [5.74, 6) is -1.92. The zero-order chi connectivity index (χ0) is 15.3. The second-order valence-electron chi connectivity index (χ2n) is 3.89. The van der Waals surface area contributed by atoms with Gasteiger partial charge in [-0.1, -0.05) is 6.92 Å². The van der Waals surface area contributed by atoms with E-state index in [-0.39, 0.29) is 24.4 Å². The lowest BCUT2D eigenvalue weighted by Gasteiger charge is -2.19. The minimum absolute atomic E-state index is 0.0264. The average Bonchev–Trinajstić information content (AvgIpc) is 2.39. The number of carboxylic acid groups (broad SMARTS) is 1. The van der Waals surface area contributed by atoms with Crippen molar-refractivity contribution in [3.63, 3.8) is 0 Å². The highest BCUT2D eigenvalue weighted by molar-refractivity contribution is 7.89. The lowest BCUT2D eigenvalue weighted by molar-refractivity contribution is 0.0693. The first-order valence-corrected chi connectivity index (χ1v) is 7.22. The molecule has 0 aromatic heterocycles. The van der Waals surface area contributed by atoms with E-state index in [1.807, 2.05) is 6.07 Å². The monoisotopic (exact) mass is 298 g/mol. The van der Waals surface area contributed by atoms with Crippen molar-refractivity contribution in [2.75, 3.05) is 13.1 Å². The molecule has 1 rings (SSSR count). The third kappa shape index (κ3) is 3.26. The van der Waals surface area contributed by atoms with Crippen molar-refractivity contribution in [2.24, 2.45) is 0 Å². The van der Waals surface area contributed by atoms with E-state index in [1.165, 1.54) is 0 Å². The summed E-state index contributed by atoms with van der Waals surface area (Å²) in [7, 11) is -3.89. The number of carbonyl (C=O) groups is 1. The number of nitrogens with zero attached hydrogens (tertiary/aromatic N) is 2. The van der Waals surface area contributed by atoms with Crippen molar-refractivity contribution in [2.45, 2.75) is 18.2 Å². The van der Waals surface area contributed by atoms with Gasteiger partial charge in [0.1, 0.15) is 11.3 Å². The van der Waals surface area contributed by atoms with Crippen LogP contribution >= 0.6 is 0 Å². The predicted octanol–water partition coefficient (Wildman–Crippen LogP) is 1.01. The number of aromatic hydroxyl groups is 1. The van der Waals surface area contributed by atoms with Crippen LogP contribution in [-0.4, -0.2) is 42.0 Å². The van der Waals surface area contributed by atoms with Crippen molar-refractivity contribution in [1.29, 1.82) is 5.26 Å². The Morgan fingerprint density at radius 3 is 2.60 bits per heavy atom. The smallest absolute Gasteiger partial charge is 0.339 e. The summed E-state index contributed by atoms with van der Waals surface area (Å²) < 4.78 is 25.7. The number of aromatic carboxylic acids is 1. The van der Waals surface area contributed by atoms with E-state index in [0.29, 0.717) is 0 Å². The van der Waals surface area contributed by atoms with Crippen LogP contribution in [0.3, 0.4) is 0 Å². The molecule has 0 spiro atoms. The van der Waals surface area contributed by atoms with Crippen LogP contribution in [0.5, 0.6) is 5.75 Å². The summed E-state index contributed by atoms with van der Waals surface area (Å²) >= 11 is 0. The molecule has 8 heteroatoms. The number of benzene rings is 1. The van der Waals surface area contributed by atoms with E-state index in [0.717, 1.165) is 22.5 Å². The minimum atomic E-state index is -3.89. The van der Waals surface area contributed by atoms with Gasteiger partial charge < -0.3 is 10.2 Å². The van der Waals surface area contributed by atoms with Gasteiger partial charge in [0, 0.05) is 19.5 Å². The lowest BCUT2D eigenvalue weighted by atomic mass is 10.2. The molecule has 0 saturated carbocycles. The van der Waals surface area contributed by atoms with Gasteiger partial charge in [-0.3, -0.25) is 0 Å². The van der Waals surface area contributed by atoms with Crippen molar-refractivity contribution < 1.29 is 23.4 Å². The molecule has 0 radical (unpaired) electrons. The number of rotatable bonds is 6. The molecule has 2 N–H and O–H groups in total. The first kappa shape index (κ1) is 15.9. The molecule has 0 atom stereocenters. The van der Waals surface area contributed by atoms with Gasteiger partial charge in [-0.25, -0.2) is 13.2 Å². The second-order valence-corrected chi connectivity index (χ2v) is 5.83. The summed E-state index contributed by atoms with van der Waals surface area (Å²) in [6.07, 6.45) is 0.0386. The van der Waals surface area contributed by atoms with Gasteiger partial charge in [-0.15, -0.1) is 0 Å². The fraction of sp³-hybridized carbons (Fsp3) is 0.333. The van der Waals surface area contributed by atoms with E-state index in [2.05, 4.69) is 0 Å². The number of hydrogen-bond acceptors (Lipinski definition) is 5. The molecule has 0 amide bonds. The average molecular weight is 298 g/mol. The molecule has 1 aromatic rings. The van der Waals surface area contributed by atoms with E-state index >= 15 is 0 Å². The Morgan fingerprint density at radius 2 is 2.10 bits per heavy atom. The second kappa shape index (κ2) is 6.36. The van der Waals surface area contributed by atoms with Gasteiger partial charge in [-0.2, -0.15) is 9.57 Å². The van der Waals surface area contributed by atoms with E-state index < -0.39 is 27.3 Å². The molecule has 0 aliphatic heterocycles. The van der Waals surface area contributed by atoms with Crippen LogP contribution in [0, 0.1) is 11.3 Å². The van der Waals surface area contributed by atoms with Gasteiger partial charge >= 0.3 is 5.97 Å². The predicted molar refractivity (Wildman–Crippen MR) is 69.7 cm³/mol. The minimum Gasteiger partial charge on any atom is -0.507 e. The number of sulfonamides is 1. The molecule has 0 heterocycles. The highest BCUT2D eigenvalue weighted by atomic mass is 32.2. The fourth-order valence-electron chi connectivity index (χ4n) is 1.62. The van der Waals surface area contributed by atoms with Crippen LogP contribution in [0.15, 0.2) is 23.1 Å². The summed E-state index contributed by atoms with van der Waals surface area (Å²) in [6.45, 7) is 1.80. The lowest BCUT2D eigenvalue weighted by Crippen LogP contribution is -2.31. The molecule has 0 aliphatic carbocycles. The molecular weight excluding hydrogens is 284 g/mol.